The Balaban J connectivity index is 1.71. The zero-order valence-electron chi connectivity index (χ0n) is 15.0. The summed E-state index contributed by atoms with van der Waals surface area (Å²) in [6, 6.07) is 21.1. The summed E-state index contributed by atoms with van der Waals surface area (Å²) in [6.45, 7) is 3.96. The normalized spacial score (nSPS) is 11.6. The molecule has 1 atom stereocenters. The minimum Gasteiger partial charge on any atom is -0.484 e. The van der Waals surface area contributed by atoms with Gasteiger partial charge >= 0.3 is 0 Å². The third-order valence-corrected chi connectivity index (χ3v) is 4.11. The van der Waals surface area contributed by atoms with E-state index in [4.69, 9.17) is 4.74 Å². The van der Waals surface area contributed by atoms with Crippen molar-refractivity contribution in [2.45, 2.75) is 19.9 Å². The quantitative estimate of drug-likeness (QED) is 0.734. The highest BCUT2D eigenvalue weighted by Gasteiger charge is 2.18. The number of hydrogen-bond acceptors (Lipinski definition) is 3. The van der Waals surface area contributed by atoms with Crippen LogP contribution in [0.25, 0.3) is 0 Å². The van der Waals surface area contributed by atoms with Gasteiger partial charge in [0.25, 0.3) is 5.91 Å². The summed E-state index contributed by atoms with van der Waals surface area (Å²) >= 11 is 0. The van der Waals surface area contributed by atoms with Crippen LogP contribution >= 0.6 is 0 Å². The maximum Gasteiger partial charge on any atom is 0.258 e. The zero-order chi connectivity index (χ0) is 18.4. The van der Waals surface area contributed by atoms with E-state index >= 15 is 0 Å². The van der Waals surface area contributed by atoms with E-state index in [1.165, 1.54) is 5.56 Å². The SMILES string of the molecule is Cc1ccc(OCC(=O)NC(c2ccccc2)c2ccccn2)c(C)c1. The van der Waals surface area contributed by atoms with Crippen molar-refractivity contribution in [3.05, 3.63) is 95.3 Å². The lowest BCUT2D eigenvalue weighted by molar-refractivity contribution is -0.123. The van der Waals surface area contributed by atoms with Crippen molar-refractivity contribution < 1.29 is 9.53 Å². The van der Waals surface area contributed by atoms with Gasteiger partial charge in [0.15, 0.2) is 6.61 Å². The number of pyridine rings is 1. The van der Waals surface area contributed by atoms with E-state index < -0.39 is 0 Å². The van der Waals surface area contributed by atoms with Crippen LogP contribution in [0.4, 0.5) is 0 Å². The molecule has 0 radical (unpaired) electrons. The van der Waals surface area contributed by atoms with E-state index in [1.54, 1.807) is 6.20 Å². The predicted molar refractivity (Wildman–Crippen MR) is 102 cm³/mol. The van der Waals surface area contributed by atoms with Crippen molar-refractivity contribution in [1.29, 1.82) is 0 Å². The van der Waals surface area contributed by atoms with E-state index in [0.717, 1.165) is 22.6 Å². The fraction of sp³-hybridized carbons (Fsp3) is 0.182. The minimum atomic E-state index is -0.312. The molecular weight excluding hydrogens is 324 g/mol. The molecule has 0 spiro atoms. The molecule has 1 N–H and O–H groups in total. The molecule has 132 valence electrons. The molecule has 3 aromatic rings. The van der Waals surface area contributed by atoms with Gasteiger partial charge in [0.05, 0.1) is 11.7 Å². The predicted octanol–water partition coefficient (Wildman–Crippen LogP) is 3.98. The molecule has 0 aliphatic heterocycles. The molecule has 3 rings (SSSR count). The minimum absolute atomic E-state index is 0.0416. The van der Waals surface area contributed by atoms with Gasteiger partial charge in [0.2, 0.25) is 0 Å². The largest absolute Gasteiger partial charge is 0.484 e. The number of aryl methyl sites for hydroxylation is 2. The molecule has 1 amide bonds. The molecule has 0 saturated heterocycles. The molecule has 1 aromatic heterocycles. The first-order valence-corrected chi connectivity index (χ1v) is 8.59. The second-order valence-corrected chi connectivity index (χ2v) is 6.22. The van der Waals surface area contributed by atoms with Crippen molar-refractivity contribution in [2.24, 2.45) is 0 Å². The van der Waals surface area contributed by atoms with E-state index in [2.05, 4.69) is 10.3 Å². The smallest absolute Gasteiger partial charge is 0.258 e. The number of hydrogen-bond donors (Lipinski definition) is 1. The average Bonchev–Trinajstić information content (AvgIpc) is 2.67. The van der Waals surface area contributed by atoms with Crippen LogP contribution < -0.4 is 10.1 Å². The second kappa shape index (κ2) is 8.30. The van der Waals surface area contributed by atoms with Gasteiger partial charge in [-0.3, -0.25) is 9.78 Å². The highest BCUT2D eigenvalue weighted by molar-refractivity contribution is 5.78. The van der Waals surface area contributed by atoms with Crippen molar-refractivity contribution >= 4 is 5.91 Å². The summed E-state index contributed by atoms with van der Waals surface area (Å²) in [5.41, 5.74) is 3.95. The van der Waals surface area contributed by atoms with E-state index in [0.29, 0.717) is 0 Å². The van der Waals surface area contributed by atoms with Crippen LogP contribution in [-0.2, 0) is 4.79 Å². The van der Waals surface area contributed by atoms with E-state index in [-0.39, 0.29) is 18.6 Å². The summed E-state index contributed by atoms with van der Waals surface area (Å²) in [4.78, 5) is 16.9. The van der Waals surface area contributed by atoms with Crippen LogP contribution in [0.5, 0.6) is 5.75 Å². The Bertz CT molecular complexity index is 824. The molecule has 0 saturated carbocycles. The first kappa shape index (κ1) is 17.7. The number of carbonyl (C=O) groups is 1. The first-order valence-electron chi connectivity index (χ1n) is 8.59. The number of amides is 1. The summed E-state index contributed by atoms with van der Waals surface area (Å²) in [5.74, 6) is 0.532. The molecule has 1 heterocycles. The number of benzene rings is 2. The molecule has 4 nitrogen and oxygen atoms in total. The topological polar surface area (TPSA) is 51.2 Å². The van der Waals surface area contributed by atoms with Gasteiger partial charge in [-0.05, 0) is 43.2 Å². The Hall–Kier alpha value is -3.14. The molecule has 4 heteroatoms. The van der Waals surface area contributed by atoms with Crippen LogP contribution in [-0.4, -0.2) is 17.5 Å². The lowest BCUT2D eigenvalue weighted by Gasteiger charge is -2.19. The Kier molecular flexibility index (Phi) is 5.64. The fourth-order valence-electron chi connectivity index (χ4n) is 2.83. The van der Waals surface area contributed by atoms with Crippen LogP contribution in [0.1, 0.15) is 28.4 Å². The van der Waals surface area contributed by atoms with Crippen LogP contribution in [0.3, 0.4) is 0 Å². The number of nitrogens with zero attached hydrogens (tertiary/aromatic N) is 1. The molecule has 0 bridgehead atoms. The lowest BCUT2D eigenvalue weighted by atomic mass is 10.0. The molecule has 0 aliphatic rings. The van der Waals surface area contributed by atoms with Crippen LogP contribution in [0.15, 0.2) is 72.9 Å². The molecule has 1 unspecified atom stereocenters. The zero-order valence-corrected chi connectivity index (χ0v) is 15.0. The van der Waals surface area contributed by atoms with Gasteiger partial charge < -0.3 is 10.1 Å². The van der Waals surface area contributed by atoms with Gasteiger partial charge in [-0.15, -0.1) is 0 Å². The Morgan fingerprint density at radius 2 is 1.81 bits per heavy atom. The number of nitrogens with one attached hydrogen (secondary N) is 1. The Morgan fingerprint density at radius 1 is 1.04 bits per heavy atom. The lowest BCUT2D eigenvalue weighted by Crippen LogP contribution is -2.33. The van der Waals surface area contributed by atoms with Gasteiger partial charge in [-0.2, -0.15) is 0 Å². The number of aromatic nitrogens is 1. The van der Waals surface area contributed by atoms with Crippen LogP contribution in [0.2, 0.25) is 0 Å². The number of rotatable bonds is 6. The highest BCUT2D eigenvalue weighted by Crippen LogP contribution is 2.21. The monoisotopic (exact) mass is 346 g/mol. The Morgan fingerprint density at radius 3 is 2.50 bits per heavy atom. The number of carbonyl (C=O) groups excluding carboxylic acids is 1. The van der Waals surface area contributed by atoms with Gasteiger partial charge in [0, 0.05) is 6.20 Å². The maximum absolute atomic E-state index is 12.5. The maximum atomic E-state index is 12.5. The van der Waals surface area contributed by atoms with E-state index in [9.17, 15) is 4.79 Å². The summed E-state index contributed by atoms with van der Waals surface area (Å²) < 4.78 is 5.69. The Labute approximate surface area is 153 Å². The van der Waals surface area contributed by atoms with Crippen molar-refractivity contribution in [3.63, 3.8) is 0 Å². The molecular formula is C22H22N2O2. The third kappa shape index (κ3) is 4.48. The van der Waals surface area contributed by atoms with Crippen molar-refractivity contribution in [2.75, 3.05) is 6.61 Å². The molecule has 0 fully saturated rings. The van der Waals surface area contributed by atoms with E-state index in [1.807, 2.05) is 80.6 Å². The van der Waals surface area contributed by atoms with Gasteiger partial charge in [-0.1, -0.05) is 54.1 Å². The third-order valence-electron chi connectivity index (χ3n) is 4.11. The first-order chi connectivity index (χ1) is 12.6. The second-order valence-electron chi connectivity index (χ2n) is 6.22. The molecule has 26 heavy (non-hydrogen) atoms. The summed E-state index contributed by atoms with van der Waals surface area (Å²) in [5, 5.41) is 3.02. The van der Waals surface area contributed by atoms with Gasteiger partial charge in [0.1, 0.15) is 5.75 Å². The van der Waals surface area contributed by atoms with Crippen molar-refractivity contribution in [1.82, 2.24) is 10.3 Å². The van der Waals surface area contributed by atoms with Crippen LogP contribution in [0, 0.1) is 13.8 Å². The molecule has 0 aliphatic carbocycles. The number of ether oxygens (including phenoxy) is 1. The standard InChI is InChI=1S/C22H22N2O2/c1-16-11-12-20(17(2)14-16)26-15-21(25)24-22(18-8-4-3-5-9-18)19-10-6-7-13-23-19/h3-14,22H,15H2,1-2H3,(H,24,25). The highest BCUT2D eigenvalue weighted by atomic mass is 16.5. The van der Waals surface area contributed by atoms with Crippen molar-refractivity contribution in [3.8, 4) is 5.75 Å². The summed E-state index contributed by atoms with van der Waals surface area (Å²) in [7, 11) is 0. The average molecular weight is 346 g/mol. The fourth-order valence-corrected chi connectivity index (χ4v) is 2.83. The molecule has 2 aromatic carbocycles. The van der Waals surface area contributed by atoms with Gasteiger partial charge in [-0.25, -0.2) is 0 Å². The summed E-state index contributed by atoms with van der Waals surface area (Å²) in [6.07, 6.45) is 1.73.